The summed E-state index contributed by atoms with van der Waals surface area (Å²) in [6, 6.07) is 15.1. The molecule has 0 saturated carbocycles. The van der Waals surface area contributed by atoms with E-state index in [4.69, 9.17) is 4.74 Å². The fourth-order valence-corrected chi connectivity index (χ4v) is 3.74. The summed E-state index contributed by atoms with van der Waals surface area (Å²) < 4.78 is 7.24. The zero-order chi connectivity index (χ0) is 23.0. The number of nitrogens with zero attached hydrogens (tertiary/aromatic N) is 3. The Hall–Kier alpha value is -4.40. The highest BCUT2D eigenvalue weighted by molar-refractivity contribution is 6.31. The lowest BCUT2D eigenvalue weighted by atomic mass is 10.1. The summed E-state index contributed by atoms with van der Waals surface area (Å²) >= 11 is 0. The summed E-state index contributed by atoms with van der Waals surface area (Å²) in [7, 11) is 1.44. The Morgan fingerprint density at radius 3 is 2.44 bits per heavy atom. The number of nitro benzene ring substituents is 1. The van der Waals surface area contributed by atoms with Crippen LogP contribution in [0.2, 0.25) is 0 Å². The maximum atomic E-state index is 12.9. The summed E-state index contributed by atoms with van der Waals surface area (Å²) in [6.45, 7) is 3.70. The minimum atomic E-state index is -0.489. The fraction of sp³-hybridized carbons (Fsp3) is 0.130. The van der Waals surface area contributed by atoms with Gasteiger partial charge in [0.2, 0.25) is 0 Å². The Bertz CT molecular complexity index is 1280. The van der Waals surface area contributed by atoms with Crippen LogP contribution in [0.15, 0.2) is 60.2 Å². The monoisotopic (exact) mass is 432 g/mol. The van der Waals surface area contributed by atoms with E-state index in [2.05, 4.69) is 5.43 Å². The molecular formula is C23H20N4O5. The minimum Gasteiger partial charge on any atom is -0.494 e. The van der Waals surface area contributed by atoms with Gasteiger partial charge in [-0.2, -0.15) is 0 Å². The number of carbonyl (C=O) groups is 2. The minimum absolute atomic E-state index is 0.0183. The van der Waals surface area contributed by atoms with Crippen LogP contribution in [0, 0.1) is 24.0 Å². The SMILES string of the molecule is COc1cc([N+](=O)[O-])ccc1-n1c(C)cc(/C=C2/C(=O)NN(c3ccccc3)C2=O)c1C. The lowest BCUT2D eigenvalue weighted by Gasteiger charge is -2.14. The number of rotatable bonds is 5. The van der Waals surface area contributed by atoms with Crippen molar-refractivity contribution in [1.82, 2.24) is 9.99 Å². The molecule has 0 unspecified atom stereocenters. The van der Waals surface area contributed by atoms with E-state index in [1.165, 1.54) is 24.3 Å². The van der Waals surface area contributed by atoms with Crippen LogP contribution in [0.25, 0.3) is 11.8 Å². The molecule has 4 rings (SSSR count). The van der Waals surface area contributed by atoms with Gasteiger partial charge in [-0.3, -0.25) is 25.1 Å². The van der Waals surface area contributed by atoms with Crippen molar-refractivity contribution < 1.29 is 19.2 Å². The number of amides is 2. The molecule has 3 aromatic rings. The zero-order valence-electron chi connectivity index (χ0n) is 17.7. The Morgan fingerprint density at radius 2 is 1.78 bits per heavy atom. The van der Waals surface area contributed by atoms with E-state index in [0.29, 0.717) is 22.7 Å². The highest BCUT2D eigenvalue weighted by atomic mass is 16.6. The van der Waals surface area contributed by atoms with Crippen molar-refractivity contribution in [3.8, 4) is 11.4 Å². The van der Waals surface area contributed by atoms with Crippen LogP contribution in [0.1, 0.15) is 17.0 Å². The molecule has 0 aliphatic carbocycles. The molecule has 0 radical (unpaired) electrons. The topological polar surface area (TPSA) is 107 Å². The molecule has 0 bridgehead atoms. The normalized spacial score (nSPS) is 14.7. The Kier molecular flexibility index (Phi) is 5.23. The number of non-ortho nitro benzene ring substituents is 1. The van der Waals surface area contributed by atoms with Crippen molar-refractivity contribution in [2.24, 2.45) is 0 Å². The average molecular weight is 432 g/mol. The molecule has 2 amide bonds. The molecule has 0 atom stereocenters. The standard InChI is InChI=1S/C23H20N4O5/c1-14-11-16(12-19-22(28)24-26(23(19)29)17-7-5-4-6-8-17)15(2)25(14)20-10-9-18(27(30)31)13-21(20)32-3/h4-13H,1-3H3,(H,24,28)/b19-12-. The summed E-state index contributed by atoms with van der Waals surface area (Å²) in [5.41, 5.74) is 5.95. The van der Waals surface area contributed by atoms with Gasteiger partial charge in [0.1, 0.15) is 11.3 Å². The highest BCUT2D eigenvalue weighted by Gasteiger charge is 2.34. The largest absolute Gasteiger partial charge is 0.494 e. The molecule has 2 heterocycles. The molecule has 9 nitrogen and oxygen atoms in total. The van der Waals surface area contributed by atoms with Crippen molar-refractivity contribution in [2.45, 2.75) is 13.8 Å². The van der Waals surface area contributed by atoms with Crippen molar-refractivity contribution in [2.75, 3.05) is 12.1 Å². The number of carbonyl (C=O) groups excluding carboxylic acids is 2. The maximum Gasteiger partial charge on any atom is 0.282 e. The predicted octanol–water partition coefficient (Wildman–Crippen LogP) is 3.47. The smallest absolute Gasteiger partial charge is 0.282 e. The van der Waals surface area contributed by atoms with Crippen LogP contribution in [0.5, 0.6) is 5.75 Å². The summed E-state index contributed by atoms with van der Waals surface area (Å²) in [5.74, 6) is -0.597. The van der Waals surface area contributed by atoms with Crippen molar-refractivity contribution >= 4 is 29.3 Å². The number of aromatic nitrogens is 1. The van der Waals surface area contributed by atoms with Crippen molar-refractivity contribution in [3.05, 3.63) is 87.2 Å². The van der Waals surface area contributed by atoms with E-state index in [9.17, 15) is 19.7 Å². The van der Waals surface area contributed by atoms with Crippen LogP contribution >= 0.6 is 0 Å². The number of hydrogen-bond acceptors (Lipinski definition) is 5. The molecule has 9 heteroatoms. The Morgan fingerprint density at radius 1 is 1.06 bits per heavy atom. The second kappa shape index (κ2) is 8.03. The molecule has 1 N–H and O–H groups in total. The number of aryl methyl sites for hydroxylation is 1. The van der Waals surface area contributed by atoms with Gasteiger partial charge in [-0.15, -0.1) is 0 Å². The number of benzene rings is 2. The summed E-state index contributed by atoms with van der Waals surface area (Å²) in [5, 5.41) is 12.3. The van der Waals surface area contributed by atoms with Crippen LogP contribution in [-0.4, -0.2) is 28.4 Å². The number of nitrogens with one attached hydrogen (secondary N) is 1. The summed E-state index contributed by atoms with van der Waals surface area (Å²) in [6.07, 6.45) is 1.55. The third-order valence-corrected chi connectivity index (χ3v) is 5.29. The number of para-hydroxylation sites is 1. The number of methoxy groups -OCH3 is 1. The van der Waals surface area contributed by atoms with Gasteiger partial charge in [0.05, 0.1) is 29.5 Å². The predicted molar refractivity (Wildman–Crippen MR) is 118 cm³/mol. The zero-order valence-corrected chi connectivity index (χ0v) is 17.7. The molecule has 1 aromatic heterocycles. The van der Waals surface area contributed by atoms with Gasteiger partial charge in [-0.1, -0.05) is 18.2 Å². The van der Waals surface area contributed by atoms with Crippen LogP contribution in [-0.2, 0) is 9.59 Å². The number of hydrazine groups is 1. The number of nitro groups is 1. The van der Waals surface area contributed by atoms with Crippen molar-refractivity contribution in [3.63, 3.8) is 0 Å². The molecule has 1 fully saturated rings. The molecule has 162 valence electrons. The van der Waals surface area contributed by atoms with E-state index in [0.717, 1.165) is 11.4 Å². The number of hydrogen-bond donors (Lipinski definition) is 1. The molecule has 1 saturated heterocycles. The van der Waals surface area contributed by atoms with Gasteiger partial charge in [0, 0.05) is 17.5 Å². The average Bonchev–Trinajstić information content (AvgIpc) is 3.23. The van der Waals surface area contributed by atoms with E-state index >= 15 is 0 Å². The van der Waals surface area contributed by atoms with E-state index < -0.39 is 16.7 Å². The van der Waals surface area contributed by atoms with Gasteiger partial charge in [-0.05, 0) is 49.8 Å². The first-order valence-electron chi connectivity index (χ1n) is 9.75. The summed E-state index contributed by atoms with van der Waals surface area (Å²) in [4.78, 5) is 36.0. The van der Waals surface area contributed by atoms with Crippen LogP contribution in [0.4, 0.5) is 11.4 Å². The number of ether oxygens (including phenoxy) is 1. The quantitative estimate of drug-likeness (QED) is 0.288. The van der Waals surface area contributed by atoms with Gasteiger partial charge in [-0.25, -0.2) is 5.01 Å². The third-order valence-electron chi connectivity index (χ3n) is 5.29. The molecule has 1 aliphatic heterocycles. The lowest BCUT2D eigenvalue weighted by Crippen LogP contribution is -2.35. The van der Waals surface area contributed by atoms with E-state index in [1.807, 2.05) is 30.5 Å². The van der Waals surface area contributed by atoms with Gasteiger partial charge in [0.15, 0.2) is 0 Å². The van der Waals surface area contributed by atoms with Gasteiger partial charge in [0.25, 0.3) is 17.5 Å². The second-order valence-corrected chi connectivity index (χ2v) is 7.25. The van der Waals surface area contributed by atoms with Crippen LogP contribution in [0.3, 0.4) is 0 Å². The first-order chi connectivity index (χ1) is 15.3. The molecule has 32 heavy (non-hydrogen) atoms. The van der Waals surface area contributed by atoms with Crippen molar-refractivity contribution in [1.29, 1.82) is 0 Å². The van der Waals surface area contributed by atoms with Crippen LogP contribution < -0.4 is 15.2 Å². The van der Waals surface area contributed by atoms with E-state index in [1.54, 1.807) is 36.4 Å². The molecule has 0 spiro atoms. The highest BCUT2D eigenvalue weighted by Crippen LogP contribution is 2.32. The molecule has 2 aromatic carbocycles. The molecular weight excluding hydrogens is 412 g/mol. The first-order valence-corrected chi connectivity index (χ1v) is 9.75. The Balaban J connectivity index is 1.74. The fourth-order valence-electron chi connectivity index (χ4n) is 3.74. The Labute approximate surface area is 183 Å². The third kappa shape index (κ3) is 3.49. The maximum absolute atomic E-state index is 12.9. The number of anilines is 1. The lowest BCUT2D eigenvalue weighted by molar-refractivity contribution is -0.384. The first kappa shape index (κ1) is 20.9. The second-order valence-electron chi connectivity index (χ2n) is 7.25. The van der Waals surface area contributed by atoms with E-state index in [-0.39, 0.29) is 11.3 Å². The van der Waals surface area contributed by atoms with Gasteiger partial charge >= 0.3 is 0 Å². The van der Waals surface area contributed by atoms with Gasteiger partial charge < -0.3 is 9.30 Å². The molecule has 1 aliphatic rings.